The summed E-state index contributed by atoms with van der Waals surface area (Å²) in [5.74, 6) is 1.22. The van der Waals surface area contributed by atoms with Gasteiger partial charge in [0, 0.05) is 63.0 Å². The normalized spacial score (nSPS) is 15.1. The number of aliphatic hydroxyl groups excluding tert-OH is 1. The molecule has 41 heavy (non-hydrogen) atoms. The molecule has 3 aromatic carbocycles. The minimum Gasteiger partial charge on any atom is -0.493 e. The van der Waals surface area contributed by atoms with Crippen LogP contribution in [0, 0.1) is 11.6 Å². The summed E-state index contributed by atoms with van der Waals surface area (Å²) in [4.78, 5) is 4.74. The molecule has 1 aliphatic rings. The zero-order chi connectivity index (χ0) is 29.2. The van der Waals surface area contributed by atoms with Crippen LogP contribution >= 0.6 is 0 Å². The number of methoxy groups -OCH3 is 3. The van der Waals surface area contributed by atoms with E-state index in [1.165, 1.54) is 24.3 Å². The van der Waals surface area contributed by atoms with Crippen molar-refractivity contribution in [3.05, 3.63) is 83.4 Å². The molecule has 1 saturated heterocycles. The van der Waals surface area contributed by atoms with Crippen molar-refractivity contribution in [1.29, 1.82) is 0 Å². The van der Waals surface area contributed by atoms with E-state index in [0.29, 0.717) is 30.3 Å². The molecule has 1 fully saturated rings. The average Bonchev–Trinajstić information content (AvgIpc) is 2.99. The summed E-state index contributed by atoms with van der Waals surface area (Å²) in [6.45, 7) is 5.59. The minimum absolute atomic E-state index is 0.0887. The SMILES string of the molecule is COc1cc(NCC(O)CN2CCN(CCCC(c3ccc(F)cc3)c3ccc(F)cc3)CC2)cc(OC)c1OC. The van der Waals surface area contributed by atoms with Crippen LogP contribution in [0.2, 0.25) is 0 Å². The Morgan fingerprint density at radius 3 is 1.78 bits per heavy atom. The fraction of sp³-hybridized carbons (Fsp3) is 0.438. The quantitative estimate of drug-likeness (QED) is 0.284. The van der Waals surface area contributed by atoms with E-state index in [9.17, 15) is 13.9 Å². The molecule has 9 heteroatoms. The first-order valence-corrected chi connectivity index (χ1v) is 14.1. The average molecular weight is 570 g/mol. The molecule has 7 nitrogen and oxygen atoms in total. The zero-order valence-electron chi connectivity index (χ0n) is 24.1. The van der Waals surface area contributed by atoms with Crippen molar-refractivity contribution in [3.8, 4) is 17.2 Å². The highest BCUT2D eigenvalue weighted by Crippen LogP contribution is 2.40. The van der Waals surface area contributed by atoms with Crippen LogP contribution in [0.15, 0.2) is 60.7 Å². The van der Waals surface area contributed by atoms with Crippen molar-refractivity contribution in [2.75, 3.05) is 72.5 Å². The molecule has 0 aromatic heterocycles. The maximum absolute atomic E-state index is 13.5. The lowest BCUT2D eigenvalue weighted by molar-refractivity contribution is 0.0776. The first-order chi connectivity index (χ1) is 19.9. The number of benzene rings is 3. The number of anilines is 1. The van der Waals surface area contributed by atoms with Crippen LogP contribution in [0.25, 0.3) is 0 Å². The van der Waals surface area contributed by atoms with E-state index >= 15 is 0 Å². The third kappa shape index (κ3) is 8.55. The Bertz CT molecular complexity index is 1150. The summed E-state index contributed by atoms with van der Waals surface area (Å²) < 4.78 is 43.2. The van der Waals surface area contributed by atoms with E-state index in [0.717, 1.165) is 62.4 Å². The number of nitrogens with zero attached hydrogens (tertiary/aromatic N) is 2. The van der Waals surface area contributed by atoms with Crippen LogP contribution in [0.5, 0.6) is 17.2 Å². The van der Waals surface area contributed by atoms with Gasteiger partial charge in [-0.05, 0) is 54.8 Å². The molecule has 1 unspecified atom stereocenters. The molecule has 4 rings (SSSR count). The third-order valence-electron chi connectivity index (χ3n) is 7.65. The third-order valence-corrected chi connectivity index (χ3v) is 7.65. The fourth-order valence-electron chi connectivity index (χ4n) is 5.41. The van der Waals surface area contributed by atoms with E-state index in [1.54, 1.807) is 21.3 Å². The van der Waals surface area contributed by atoms with Crippen LogP contribution in [0.1, 0.15) is 29.9 Å². The Hall–Kier alpha value is -3.40. The fourth-order valence-corrected chi connectivity index (χ4v) is 5.41. The Morgan fingerprint density at radius 2 is 1.29 bits per heavy atom. The first-order valence-electron chi connectivity index (χ1n) is 14.1. The molecule has 1 aliphatic heterocycles. The maximum atomic E-state index is 13.5. The second kappa shape index (κ2) is 15.0. The summed E-state index contributed by atoms with van der Waals surface area (Å²) in [6.07, 6.45) is 1.33. The Balaban J connectivity index is 1.22. The van der Waals surface area contributed by atoms with Crippen LogP contribution in [0.4, 0.5) is 14.5 Å². The number of rotatable bonds is 14. The summed E-state index contributed by atoms with van der Waals surface area (Å²) in [7, 11) is 4.71. The van der Waals surface area contributed by atoms with Crippen LogP contribution < -0.4 is 19.5 Å². The lowest BCUT2D eigenvalue weighted by Crippen LogP contribution is -2.49. The first kappa shape index (κ1) is 30.6. The van der Waals surface area contributed by atoms with Gasteiger partial charge in [-0.2, -0.15) is 0 Å². The number of nitrogens with one attached hydrogen (secondary N) is 1. The predicted molar refractivity (Wildman–Crippen MR) is 157 cm³/mol. The van der Waals surface area contributed by atoms with Gasteiger partial charge in [0.15, 0.2) is 11.5 Å². The second-order valence-corrected chi connectivity index (χ2v) is 10.4. The van der Waals surface area contributed by atoms with Gasteiger partial charge in [-0.15, -0.1) is 0 Å². The number of hydrogen-bond donors (Lipinski definition) is 2. The lowest BCUT2D eigenvalue weighted by atomic mass is 9.87. The van der Waals surface area contributed by atoms with E-state index in [2.05, 4.69) is 15.1 Å². The summed E-state index contributed by atoms with van der Waals surface area (Å²) in [5.41, 5.74) is 2.86. The van der Waals surface area contributed by atoms with Gasteiger partial charge in [-0.25, -0.2) is 8.78 Å². The molecule has 1 heterocycles. The number of β-amino-alcohol motifs (C(OH)–C–C–N with tert-alkyl or cyclic N) is 1. The van der Waals surface area contributed by atoms with Gasteiger partial charge >= 0.3 is 0 Å². The highest BCUT2D eigenvalue weighted by atomic mass is 19.1. The van der Waals surface area contributed by atoms with E-state index in [4.69, 9.17) is 14.2 Å². The topological polar surface area (TPSA) is 66.4 Å². The Labute approximate surface area is 241 Å². The largest absolute Gasteiger partial charge is 0.493 e. The van der Waals surface area contributed by atoms with Gasteiger partial charge in [0.2, 0.25) is 5.75 Å². The van der Waals surface area contributed by atoms with E-state index in [-0.39, 0.29) is 17.6 Å². The highest BCUT2D eigenvalue weighted by molar-refractivity contribution is 5.62. The van der Waals surface area contributed by atoms with E-state index in [1.807, 2.05) is 36.4 Å². The van der Waals surface area contributed by atoms with Gasteiger partial charge in [-0.1, -0.05) is 24.3 Å². The zero-order valence-corrected chi connectivity index (χ0v) is 24.1. The van der Waals surface area contributed by atoms with Gasteiger partial charge in [-0.3, -0.25) is 4.90 Å². The molecule has 0 spiro atoms. The summed E-state index contributed by atoms with van der Waals surface area (Å²) in [5, 5.41) is 14.0. The van der Waals surface area contributed by atoms with Crippen LogP contribution in [-0.4, -0.2) is 88.2 Å². The Kier molecular flexibility index (Phi) is 11.2. The van der Waals surface area contributed by atoms with Gasteiger partial charge in [0.1, 0.15) is 11.6 Å². The number of aliphatic hydroxyl groups is 1. The van der Waals surface area contributed by atoms with Crippen molar-refractivity contribution in [2.45, 2.75) is 24.9 Å². The Morgan fingerprint density at radius 1 is 0.780 bits per heavy atom. The second-order valence-electron chi connectivity index (χ2n) is 10.4. The lowest BCUT2D eigenvalue weighted by Gasteiger charge is -2.36. The molecule has 3 aromatic rings. The maximum Gasteiger partial charge on any atom is 0.203 e. The van der Waals surface area contributed by atoms with Gasteiger partial charge in [0.25, 0.3) is 0 Å². The molecule has 2 N–H and O–H groups in total. The van der Waals surface area contributed by atoms with E-state index < -0.39 is 6.10 Å². The number of hydrogen-bond acceptors (Lipinski definition) is 7. The number of piperazine rings is 1. The molecular weight excluding hydrogens is 528 g/mol. The van der Waals surface area contributed by atoms with Crippen molar-refractivity contribution < 1.29 is 28.1 Å². The standard InChI is InChI=1S/C32H41F2N3O4/c1-39-30-19-27(20-31(40-2)32(30)41-3)35-21-28(38)22-37-17-15-36(16-18-37)14-4-5-29(23-6-10-25(33)11-7-23)24-8-12-26(34)13-9-24/h6-13,19-20,28-29,35,38H,4-5,14-18,21-22H2,1-3H3. The molecule has 0 amide bonds. The summed E-state index contributed by atoms with van der Waals surface area (Å²) >= 11 is 0. The summed E-state index contributed by atoms with van der Waals surface area (Å²) in [6, 6.07) is 16.9. The van der Waals surface area contributed by atoms with Crippen molar-refractivity contribution >= 4 is 5.69 Å². The van der Waals surface area contributed by atoms with Crippen molar-refractivity contribution in [1.82, 2.24) is 9.80 Å². The van der Waals surface area contributed by atoms with Crippen LogP contribution in [-0.2, 0) is 0 Å². The molecule has 0 aliphatic carbocycles. The van der Waals surface area contributed by atoms with Crippen molar-refractivity contribution in [3.63, 3.8) is 0 Å². The predicted octanol–water partition coefficient (Wildman–Crippen LogP) is 4.99. The molecule has 0 radical (unpaired) electrons. The molecule has 222 valence electrons. The smallest absolute Gasteiger partial charge is 0.203 e. The molecule has 1 atom stereocenters. The number of ether oxygens (including phenoxy) is 3. The molecule has 0 saturated carbocycles. The van der Waals surface area contributed by atoms with Crippen molar-refractivity contribution in [2.24, 2.45) is 0 Å². The molecular formula is C32H41F2N3O4. The number of halogens is 2. The van der Waals surface area contributed by atoms with Gasteiger partial charge < -0.3 is 29.5 Å². The van der Waals surface area contributed by atoms with Crippen LogP contribution in [0.3, 0.4) is 0 Å². The van der Waals surface area contributed by atoms with Gasteiger partial charge in [0.05, 0.1) is 27.4 Å². The molecule has 0 bridgehead atoms. The highest BCUT2D eigenvalue weighted by Gasteiger charge is 2.21. The monoisotopic (exact) mass is 569 g/mol. The minimum atomic E-state index is -0.534.